The standard InChI is InChI=1S/C25H32O7/c1-5-6-7-17(26)29-21-23(12(2)3)18(31-23)19-25(32-19)22(4)9-8-13-14(11-28-20(13)27)15(22)10-16-24(21,25)30-16/h12,15-16,18-19,21H,5-11H2,1-4H3/t15?,16-,18-,19-,21+,22-,23-,24+,25+/m0/s1. The third kappa shape index (κ3) is 1.91. The molecule has 0 bridgehead atoms. The van der Waals surface area contributed by atoms with Gasteiger partial charge in [-0.2, -0.15) is 0 Å². The third-order valence-corrected chi connectivity index (χ3v) is 10.0. The minimum absolute atomic E-state index is 0.0477. The van der Waals surface area contributed by atoms with Crippen LogP contribution in [0.15, 0.2) is 11.1 Å². The third-order valence-electron chi connectivity index (χ3n) is 10.0. The molecule has 0 amide bonds. The highest BCUT2D eigenvalue weighted by Crippen LogP contribution is 2.83. The quantitative estimate of drug-likeness (QED) is 0.476. The molecule has 2 saturated carbocycles. The SMILES string of the molecule is CCCCC(=O)O[C@@H]1[C@@]2(C(C)C)O[C@H]2[C@@H]2O[C@]23[C@]12O[C@H]2CC1C2=C(CC[C@@]13C)C(=O)OC2. The van der Waals surface area contributed by atoms with E-state index in [2.05, 4.69) is 27.7 Å². The van der Waals surface area contributed by atoms with Crippen molar-refractivity contribution in [1.82, 2.24) is 0 Å². The Morgan fingerprint density at radius 2 is 2.03 bits per heavy atom. The van der Waals surface area contributed by atoms with Crippen LogP contribution >= 0.6 is 0 Å². The van der Waals surface area contributed by atoms with E-state index in [0.29, 0.717) is 19.4 Å². The molecule has 7 heteroatoms. The zero-order valence-corrected chi connectivity index (χ0v) is 19.3. The molecule has 1 unspecified atom stereocenters. The molecule has 2 spiro atoms. The maximum Gasteiger partial charge on any atom is 0.334 e. The Morgan fingerprint density at radius 1 is 1.22 bits per heavy atom. The van der Waals surface area contributed by atoms with E-state index in [1.54, 1.807) is 0 Å². The zero-order valence-electron chi connectivity index (χ0n) is 19.3. The topological polar surface area (TPSA) is 90.2 Å². The molecule has 174 valence electrons. The van der Waals surface area contributed by atoms with Gasteiger partial charge in [0.25, 0.3) is 0 Å². The number of carbonyl (C=O) groups excluding carboxylic acids is 2. The van der Waals surface area contributed by atoms with E-state index >= 15 is 0 Å². The number of rotatable bonds is 5. The molecule has 7 rings (SSSR count). The van der Waals surface area contributed by atoms with E-state index in [-0.39, 0.29) is 47.5 Å². The summed E-state index contributed by atoms with van der Waals surface area (Å²) >= 11 is 0. The average Bonchev–Trinajstić information content (AvgIpc) is 3.65. The number of carbonyl (C=O) groups is 2. The zero-order chi connectivity index (χ0) is 22.3. The number of ether oxygens (including phenoxy) is 5. The van der Waals surface area contributed by atoms with Crippen molar-refractivity contribution in [2.45, 2.75) is 107 Å². The van der Waals surface area contributed by atoms with E-state index in [9.17, 15) is 9.59 Å². The summed E-state index contributed by atoms with van der Waals surface area (Å²) in [5, 5.41) is 0. The van der Waals surface area contributed by atoms with Gasteiger partial charge in [-0.3, -0.25) is 4.79 Å². The molecule has 32 heavy (non-hydrogen) atoms. The monoisotopic (exact) mass is 444 g/mol. The first-order valence-electron chi connectivity index (χ1n) is 12.4. The van der Waals surface area contributed by atoms with Crippen molar-refractivity contribution in [1.29, 1.82) is 0 Å². The molecule has 0 N–H and O–H groups in total. The molecule has 3 aliphatic carbocycles. The van der Waals surface area contributed by atoms with Crippen LogP contribution in [0.4, 0.5) is 0 Å². The van der Waals surface area contributed by atoms with Crippen molar-refractivity contribution >= 4 is 11.9 Å². The number of hydrogen-bond donors (Lipinski definition) is 0. The summed E-state index contributed by atoms with van der Waals surface area (Å²) in [5.41, 5.74) is 0.0879. The molecule has 0 radical (unpaired) electrons. The number of cyclic esters (lactones) is 1. The molecule has 0 aromatic carbocycles. The molecule has 5 fully saturated rings. The van der Waals surface area contributed by atoms with Gasteiger partial charge in [-0.15, -0.1) is 0 Å². The first-order chi connectivity index (χ1) is 15.3. The smallest absolute Gasteiger partial charge is 0.334 e. The summed E-state index contributed by atoms with van der Waals surface area (Å²) in [6.45, 7) is 9.04. The van der Waals surface area contributed by atoms with Gasteiger partial charge in [0.15, 0.2) is 11.7 Å². The van der Waals surface area contributed by atoms with Crippen molar-refractivity contribution in [2.24, 2.45) is 17.3 Å². The van der Waals surface area contributed by atoms with Crippen LogP contribution in [0.3, 0.4) is 0 Å². The molecule has 9 atom stereocenters. The molecule has 7 nitrogen and oxygen atoms in total. The van der Waals surface area contributed by atoms with Gasteiger partial charge in [-0.25, -0.2) is 4.79 Å². The summed E-state index contributed by atoms with van der Waals surface area (Å²) < 4.78 is 31.4. The molecule has 4 heterocycles. The highest BCUT2D eigenvalue weighted by molar-refractivity contribution is 5.92. The minimum Gasteiger partial charge on any atom is -0.458 e. The van der Waals surface area contributed by atoms with Crippen molar-refractivity contribution in [3.05, 3.63) is 11.1 Å². The van der Waals surface area contributed by atoms with Crippen LogP contribution < -0.4 is 0 Å². The van der Waals surface area contributed by atoms with Crippen molar-refractivity contribution in [2.75, 3.05) is 6.61 Å². The van der Waals surface area contributed by atoms with Crippen LogP contribution in [0.5, 0.6) is 0 Å². The lowest BCUT2D eigenvalue weighted by Crippen LogP contribution is -2.70. The lowest BCUT2D eigenvalue weighted by Gasteiger charge is -2.53. The van der Waals surface area contributed by atoms with Gasteiger partial charge in [0.2, 0.25) is 0 Å². The van der Waals surface area contributed by atoms with Crippen LogP contribution in [0.25, 0.3) is 0 Å². The van der Waals surface area contributed by atoms with Crippen LogP contribution in [0, 0.1) is 17.3 Å². The Balaban J connectivity index is 1.31. The van der Waals surface area contributed by atoms with Gasteiger partial charge in [0, 0.05) is 17.4 Å². The summed E-state index contributed by atoms with van der Waals surface area (Å²) in [6, 6.07) is 0. The van der Waals surface area contributed by atoms with Crippen LogP contribution in [-0.2, 0) is 33.3 Å². The summed E-state index contributed by atoms with van der Waals surface area (Å²) in [4.78, 5) is 25.1. The van der Waals surface area contributed by atoms with E-state index in [0.717, 1.165) is 36.8 Å². The average molecular weight is 445 g/mol. The Hall–Kier alpha value is -1.44. The van der Waals surface area contributed by atoms with Gasteiger partial charge in [-0.05, 0) is 43.1 Å². The Bertz CT molecular complexity index is 971. The van der Waals surface area contributed by atoms with Gasteiger partial charge in [-0.1, -0.05) is 34.1 Å². The number of esters is 2. The second kappa shape index (κ2) is 5.78. The summed E-state index contributed by atoms with van der Waals surface area (Å²) in [6.07, 6.45) is 3.91. The molecule has 7 aliphatic rings. The van der Waals surface area contributed by atoms with Crippen molar-refractivity contribution in [3.63, 3.8) is 0 Å². The van der Waals surface area contributed by atoms with Crippen LogP contribution in [0.2, 0.25) is 0 Å². The lowest BCUT2D eigenvalue weighted by atomic mass is 9.46. The molecule has 3 saturated heterocycles. The van der Waals surface area contributed by atoms with E-state index < -0.39 is 22.9 Å². The maximum atomic E-state index is 12.9. The highest BCUT2D eigenvalue weighted by Gasteiger charge is 3.01. The van der Waals surface area contributed by atoms with Gasteiger partial charge < -0.3 is 23.7 Å². The minimum atomic E-state index is -0.649. The molecule has 0 aromatic rings. The van der Waals surface area contributed by atoms with E-state index in [4.69, 9.17) is 23.7 Å². The second-order valence-electron chi connectivity index (χ2n) is 11.5. The number of hydrogen-bond acceptors (Lipinski definition) is 7. The fraction of sp³-hybridized carbons (Fsp3) is 0.840. The fourth-order valence-electron chi connectivity index (χ4n) is 8.35. The molecule has 0 aromatic heterocycles. The van der Waals surface area contributed by atoms with Gasteiger partial charge in [0.05, 0.1) is 6.10 Å². The van der Waals surface area contributed by atoms with Crippen molar-refractivity contribution in [3.8, 4) is 0 Å². The van der Waals surface area contributed by atoms with Gasteiger partial charge >= 0.3 is 11.9 Å². The normalized spacial score (nSPS) is 53.3. The first kappa shape index (κ1) is 20.0. The van der Waals surface area contributed by atoms with Crippen LogP contribution in [-0.4, -0.2) is 59.8 Å². The number of unbranched alkanes of at least 4 members (excludes halogenated alkanes) is 1. The van der Waals surface area contributed by atoms with Crippen LogP contribution in [0.1, 0.15) is 66.2 Å². The van der Waals surface area contributed by atoms with Crippen molar-refractivity contribution < 1.29 is 33.3 Å². The van der Waals surface area contributed by atoms with Gasteiger partial charge in [0.1, 0.15) is 30.0 Å². The Morgan fingerprint density at radius 3 is 2.78 bits per heavy atom. The Labute approximate surface area is 188 Å². The largest absolute Gasteiger partial charge is 0.458 e. The summed E-state index contributed by atoms with van der Waals surface area (Å²) in [7, 11) is 0. The maximum absolute atomic E-state index is 12.9. The van der Waals surface area contributed by atoms with E-state index in [1.807, 2.05) is 0 Å². The number of epoxide rings is 3. The fourth-order valence-corrected chi connectivity index (χ4v) is 8.35. The second-order valence-corrected chi connectivity index (χ2v) is 11.5. The predicted octanol–water partition coefficient (Wildman–Crippen LogP) is 2.84. The lowest BCUT2D eigenvalue weighted by molar-refractivity contribution is -0.169. The molecular formula is C25H32O7. The van der Waals surface area contributed by atoms with E-state index in [1.165, 1.54) is 0 Å². The number of fused-ring (bicyclic) bond motifs is 4. The Kier molecular flexibility index (Phi) is 3.61. The predicted molar refractivity (Wildman–Crippen MR) is 110 cm³/mol. The first-order valence-corrected chi connectivity index (χ1v) is 12.4. The molecular weight excluding hydrogens is 412 g/mol. The molecule has 4 aliphatic heterocycles. The summed E-state index contributed by atoms with van der Waals surface area (Å²) in [5.74, 6) is 0.0480. The highest BCUT2D eigenvalue weighted by atomic mass is 16.8.